The van der Waals surface area contributed by atoms with E-state index in [-0.39, 0.29) is 10.3 Å². The van der Waals surface area contributed by atoms with Crippen LogP contribution < -0.4 is 0 Å². The second-order valence-electron chi connectivity index (χ2n) is 8.28. The Morgan fingerprint density at radius 2 is 1.59 bits per heavy atom. The van der Waals surface area contributed by atoms with Crippen molar-refractivity contribution in [1.29, 1.82) is 0 Å². The van der Waals surface area contributed by atoms with Gasteiger partial charge in [0, 0.05) is 33.4 Å². The summed E-state index contributed by atoms with van der Waals surface area (Å²) in [5, 5.41) is 1.34. The number of furan rings is 1. The predicted octanol–water partition coefficient (Wildman–Crippen LogP) is 5.95. The van der Waals surface area contributed by atoms with Crippen LogP contribution in [0.1, 0.15) is 42.6 Å². The third kappa shape index (κ3) is 2.59. The molecule has 2 aromatic carbocycles. The average Bonchev–Trinajstić information content (AvgIpc) is 3.09. The van der Waals surface area contributed by atoms with Gasteiger partial charge >= 0.3 is 0 Å². The van der Waals surface area contributed by atoms with Crippen LogP contribution in [-0.2, 0) is 16.7 Å². The molecule has 0 N–H and O–H groups in total. The van der Waals surface area contributed by atoms with Crippen molar-refractivity contribution in [3.05, 3.63) is 71.5 Å². The molecule has 0 unspecified atom stereocenters. The first-order chi connectivity index (χ1) is 13.1. The van der Waals surface area contributed by atoms with Gasteiger partial charge in [-0.2, -0.15) is 0 Å². The molecule has 1 aromatic heterocycles. The minimum atomic E-state index is 0.143. The number of rotatable bonds is 2. The summed E-state index contributed by atoms with van der Waals surface area (Å²) in [5.74, 6) is 2.42. The Morgan fingerprint density at radius 1 is 0.889 bits per heavy atom. The van der Waals surface area contributed by atoms with Gasteiger partial charge < -0.3 is 4.42 Å². The lowest BCUT2D eigenvalue weighted by molar-refractivity contribution is 0.0845. The second kappa shape index (κ2) is 6.42. The molecule has 2 heterocycles. The Kier molecular flexibility index (Phi) is 4.14. The number of nitrogens with zero attached hydrogens (tertiary/aromatic N) is 1. The third-order valence-electron chi connectivity index (χ3n) is 6.88. The molecule has 27 heavy (non-hydrogen) atoms. The van der Waals surface area contributed by atoms with Gasteiger partial charge in [0.1, 0.15) is 11.3 Å². The largest absolute Gasteiger partial charge is 0.461 e. The highest BCUT2D eigenvalue weighted by atomic mass is 32.2. The van der Waals surface area contributed by atoms with Crippen LogP contribution in [0.25, 0.3) is 11.0 Å². The van der Waals surface area contributed by atoms with Crippen molar-refractivity contribution < 1.29 is 4.42 Å². The lowest BCUT2D eigenvalue weighted by Gasteiger charge is -2.50. The zero-order valence-corrected chi connectivity index (χ0v) is 17.0. The number of thioether (sulfide) groups is 1. The van der Waals surface area contributed by atoms with Crippen LogP contribution in [0.15, 0.2) is 59.0 Å². The second-order valence-corrected chi connectivity index (χ2v) is 9.76. The maximum absolute atomic E-state index is 6.28. The molecule has 1 spiro atoms. The van der Waals surface area contributed by atoms with Gasteiger partial charge in [0.15, 0.2) is 0 Å². The predicted molar refractivity (Wildman–Crippen MR) is 114 cm³/mol. The normalized spacial score (nSPS) is 28.0. The van der Waals surface area contributed by atoms with Crippen molar-refractivity contribution in [2.75, 3.05) is 19.8 Å². The zero-order valence-electron chi connectivity index (χ0n) is 16.2. The summed E-state index contributed by atoms with van der Waals surface area (Å²) in [6.07, 6.45) is 5.86. The van der Waals surface area contributed by atoms with Crippen molar-refractivity contribution in [2.45, 2.75) is 42.4 Å². The maximum atomic E-state index is 6.28. The molecule has 0 radical (unpaired) electrons. The van der Waals surface area contributed by atoms with E-state index in [1.165, 1.54) is 53.7 Å². The van der Waals surface area contributed by atoms with Gasteiger partial charge in [-0.1, -0.05) is 48.5 Å². The molecule has 0 bridgehead atoms. The van der Waals surface area contributed by atoms with E-state index < -0.39 is 0 Å². The number of aryl methyl sites for hydroxylation is 1. The Balaban J connectivity index is 1.56. The lowest BCUT2D eigenvalue weighted by atomic mass is 9.69. The Morgan fingerprint density at radius 3 is 2.33 bits per heavy atom. The molecular weight excluding hydrogens is 350 g/mol. The molecular formula is C24H27NOS. The van der Waals surface area contributed by atoms with Gasteiger partial charge in [-0.3, -0.25) is 4.90 Å². The quantitative estimate of drug-likeness (QED) is 0.549. The van der Waals surface area contributed by atoms with Crippen LogP contribution in [0.4, 0.5) is 0 Å². The highest BCUT2D eigenvalue weighted by Gasteiger charge is 2.49. The Hall–Kier alpha value is -1.71. The van der Waals surface area contributed by atoms with Gasteiger partial charge in [0.2, 0.25) is 0 Å². The van der Waals surface area contributed by atoms with E-state index in [1.54, 1.807) is 0 Å². The first-order valence-corrected chi connectivity index (χ1v) is 11.0. The lowest BCUT2D eigenvalue weighted by Crippen LogP contribution is -2.47. The summed E-state index contributed by atoms with van der Waals surface area (Å²) in [6, 6.07) is 19.7. The van der Waals surface area contributed by atoms with Crippen LogP contribution in [0.3, 0.4) is 0 Å². The van der Waals surface area contributed by atoms with E-state index in [2.05, 4.69) is 85.4 Å². The van der Waals surface area contributed by atoms with Crippen molar-refractivity contribution in [2.24, 2.45) is 0 Å². The molecule has 2 nitrogen and oxygen atoms in total. The smallest absolute Gasteiger partial charge is 0.134 e. The maximum Gasteiger partial charge on any atom is 0.134 e. The van der Waals surface area contributed by atoms with Gasteiger partial charge in [-0.15, -0.1) is 11.8 Å². The molecule has 3 aromatic rings. The molecule has 140 valence electrons. The first kappa shape index (κ1) is 17.4. The van der Waals surface area contributed by atoms with Gasteiger partial charge in [-0.05, 0) is 51.4 Å². The highest BCUT2D eigenvalue weighted by Crippen LogP contribution is 2.58. The number of hydrogen-bond donors (Lipinski definition) is 0. The molecule has 3 heteroatoms. The molecule has 5 rings (SSSR count). The number of fused-ring (bicyclic) bond motifs is 4. The summed E-state index contributed by atoms with van der Waals surface area (Å²) in [7, 11) is 4.50. The van der Waals surface area contributed by atoms with E-state index in [1.807, 2.05) is 0 Å². The first-order valence-electron chi connectivity index (χ1n) is 10.0. The fourth-order valence-electron chi connectivity index (χ4n) is 5.39. The average molecular weight is 378 g/mol. The van der Waals surface area contributed by atoms with Crippen molar-refractivity contribution in [3.63, 3.8) is 0 Å². The summed E-state index contributed by atoms with van der Waals surface area (Å²) in [6.45, 7) is 0. The number of hydrogen-bond acceptors (Lipinski definition) is 3. The molecule has 1 aliphatic carbocycles. The molecule has 1 aliphatic heterocycles. The van der Waals surface area contributed by atoms with Gasteiger partial charge in [0.05, 0.1) is 0 Å². The van der Waals surface area contributed by atoms with Crippen molar-refractivity contribution in [3.8, 4) is 0 Å². The fraction of sp³-hybridized carbons (Fsp3) is 0.417. The monoisotopic (exact) mass is 377 g/mol. The standard InChI is InChI=1S/C24H27NOS/c1-25(2)23(18-8-4-3-5-9-18)13-15-24(16-14-23)22-19-10-6-7-11-20(19)26-21(22)12-17-27-24/h3-11H,12-17H2,1-2H3. The van der Waals surface area contributed by atoms with E-state index in [0.717, 1.165) is 12.0 Å². The van der Waals surface area contributed by atoms with Crippen molar-refractivity contribution in [1.82, 2.24) is 4.90 Å². The summed E-state index contributed by atoms with van der Waals surface area (Å²) < 4.78 is 6.50. The summed E-state index contributed by atoms with van der Waals surface area (Å²) in [4.78, 5) is 2.46. The van der Waals surface area contributed by atoms with Gasteiger partial charge in [-0.25, -0.2) is 0 Å². The van der Waals surface area contributed by atoms with E-state index >= 15 is 0 Å². The Labute approximate surface area is 165 Å². The zero-order chi connectivity index (χ0) is 18.5. The highest BCUT2D eigenvalue weighted by molar-refractivity contribution is 8.00. The van der Waals surface area contributed by atoms with Crippen molar-refractivity contribution >= 4 is 22.7 Å². The molecule has 1 saturated carbocycles. The Bertz CT molecular complexity index is 951. The molecule has 0 amide bonds. The van der Waals surface area contributed by atoms with Crippen LogP contribution in [-0.4, -0.2) is 24.7 Å². The number of para-hydroxylation sites is 1. The fourth-order valence-corrected chi connectivity index (χ4v) is 6.93. The van der Waals surface area contributed by atoms with Crippen LogP contribution in [0.5, 0.6) is 0 Å². The third-order valence-corrected chi connectivity index (χ3v) is 8.46. The molecule has 0 saturated heterocycles. The van der Waals surface area contributed by atoms with E-state index in [0.29, 0.717) is 0 Å². The number of benzene rings is 2. The van der Waals surface area contributed by atoms with Crippen LogP contribution in [0, 0.1) is 0 Å². The molecule has 0 atom stereocenters. The van der Waals surface area contributed by atoms with E-state index in [9.17, 15) is 0 Å². The van der Waals surface area contributed by atoms with Gasteiger partial charge in [0.25, 0.3) is 0 Å². The van der Waals surface area contributed by atoms with E-state index in [4.69, 9.17) is 4.42 Å². The molecule has 1 fully saturated rings. The SMILES string of the molecule is CN(C)C1(c2ccccc2)CCC2(CC1)SCCc1oc3ccccc3c12. The topological polar surface area (TPSA) is 16.4 Å². The van der Waals surface area contributed by atoms with Crippen LogP contribution in [0.2, 0.25) is 0 Å². The minimum absolute atomic E-state index is 0.143. The summed E-state index contributed by atoms with van der Waals surface area (Å²) >= 11 is 2.18. The minimum Gasteiger partial charge on any atom is -0.461 e. The summed E-state index contributed by atoms with van der Waals surface area (Å²) in [5.41, 5.74) is 4.18. The van der Waals surface area contributed by atoms with Crippen LogP contribution >= 0.6 is 11.8 Å². The molecule has 2 aliphatic rings.